The van der Waals surface area contributed by atoms with Gasteiger partial charge in [0.05, 0.1) is 17.4 Å². The molecule has 0 saturated heterocycles. The number of hydrogen-bond acceptors (Lipinski definition) is 8. The molecular weight excluding hydrogens is 494 g/mol. The summed E-state index contributed by atoms with van der Waals surface area (Å²) in [4.78, 5) is 13.8. The van der Waals surface area contributed by atoms with E-state index in [2.05, 4.69) is 34.7 Å². The summed E-state index contributed by atoms with van der Waals surface area (Å²) >= 11 is 0. The first-order valence-corrected chi connectivity index (χ1v) is 12.1. The SMILES string of the molecule is C=COc1ccc(-c2nc(-c3ccc(OCC(=C)C)cc3O)nc(-c3ccc(OCC(=C)C)cc3O)n2)cc1. The van der Waals surface area contributed by atoms with Gasteiger partial charge in [-0.1, -0.05) is 19.7 Å². The number of phenolic OH excluding ortho intramolecular Hbond substituents is 2. The fraction of sp³-hybridized carbons (Fsp3) is 0.129. The standard InChI is InChI=1S/C31H29N3O5/c1-6-37-22-9-7-21(8-10-22)29-32-30(25-13-11-23(15-27(25)35)38-17-19(2)3)34-31(33-29)26-14-12-24(16-28(26)36)39-18-20(4)5/h6-16,35-36H,1-2,4,17-18H2,3,5H3. The highest BCUT2D eigenvalue weighted by atomic mass is 16.5. The van der Waals surface area contributed by atoms with Gasteiger partial charge >= 0.3 is 0 Å². The van der Waals surface area contributed by atoms with Crippen molar-refractivity contribution in [2.45, 2.75) is 13.8 Å². The highest BCUT2D eigenvalue weighted by molar-refractivity contribution is 5.73. The Morgan fingerprint density at radius 1 is 0.692 bits per heavy atom. The molecule has 2 N–H and O–H groups in total. The molecule has 0 atom stereocenters. The zero-order chi connectivity index (χ0) is 27.9. The van der Waals surface area contributed by atoms with E-state index in [1.54, 1.807) is 48.5 Å². The van der Waals surface area contributed by atoms with Gasteiger partial charge in [0.1, 0.15) is 42.0 Å². The van der Waals surface area contributed by atoms with Crippen LogP contribution in [-0.2, 0) is 0 Å². The van der Waals surface area contributed by atoms with E-state index in [1.807, 2.05) is 13.8 Å². The largest absolute Gasteiger partial charge is 0.507 e. The number of hydrogen-bond donors (Lipinski definition) is 2. The monoisotopic (exact) mass is 523 g/mol. The van der Waals surface area contributed by atoms with Crippen molar-refractivity contribution in [2.24, 2.45) is 0 Å². The minimum atomic E-state index is -0.0696. The molecule has 198 valence electrons. The summed E-state index contributed by atoms with van der Waals surface area (Å²) in [6.45, 7) is 15.6. The van der Waals surface area contributed by atoms with Gasteiger partial charge < -0.3 is 24.4 Å². The fourth-order valence-electron chi connectivity index (χ4n) is 3.52. The van der Waals surface area contributed by atoms with Gasteiger partial charge in [-0.25, -0.2) is 15.0 Å². The zero-order valence-electron chi connectivity index (χ0n) is 21.8. The van der Waals surface area contributed by atoms with Crippen molar-refractivity contribution in [3.05, 3.63) is 97.8 Å². The molecule has 0 aliphatic rings. The van der Waals surface area contributed by atoms with Crippen LogP contribution in [0.5, 0.6) is 28.7 Å². The Bertz CT molecular complexity index is 1440. The van der Waals surface area contributed by atoms with E-state index in [-0.39, 0.29) is 23.1 Å². The summed E-state index contributed by atoms with van der Waals surface area (Å²) in [5.74, 6) is 2.20. The van der Waals surface area contributed by atoms with Gasteiger partial charge in [-0.3, -0.25) is 0 Å². The van der Waals surface area contributed by atoms with Crippen molar-refractivity contribution in [2.75, 3.05) is 13.2 Å². The van der Waals surface area contributed by atoms with E-state index in [9.17, 15) is 10.2 Å². The minimum absolute atomic E-state index is 0.0696. The maximum Gasteiger partial charge on any atom is 0.167 e. The predicted octanol–water partition coefficient (Wildman–Crippen LogP) is 6.72. The Morgan fingerprint density at radius 3 is 1.54 bits per heavy atom. The van der Waals surface area contributed by atoms with Gasteiger partial charge in [-0.15, -0.1) is 0 Å². The van der Waals surface area contributed by atoms with Crippen LogP contribution in [0.4, 0.5) is 0 Å². The molecule has 0 amide bonds. The van der Waals surface area contributed by atoms with Crippen molar-refractivity contribution in [1.29, 1.82) is 0 Å². The number of ether oxygens (including phenoxy) is 3. The fourth-order valence-corrected chi connectivity index (χ4v) is 3.52. The molecule has 0 bridgehead atoms. The topological polar surface area (TPSA) is 107 Å². The lowest BCUT2D eigenvalue weighted by Gasteiger charge is -2.12. The number of nitrogens with zero attached hydrogens (tertiary/aromatic N) is 3. The molecule has 3 aromatic carbocycles. The Labute approximate surface area is 227 Å². The average molecular weight is 524 g/mol. The summed E-state index contributed by atoms with van der Waals surface area (Å²) in [5, 5.41) is 21.6. The molecule has 0 aliphatic carbocycles. The highest BCUT2D eigenvalue weighted by Crippen LogP contribution is 2.36. The van der Waals surface area contributed by atoms with Crippen molar-refractivity contribution in [3.63, 3.8) is 0 Å². The average Bonchev–Trinajstić information content (AvgIpc) is 2.91. The summed E-state index contributed by atoms with van der Waals surface area (Å²) in [5.41, 5.74) is 3.12. The Balaban J connectivity index is 1.79. The lowest BCUT2D eigenvalue weighted by Crippen LogP contribution is -2.02. The second kappa shape index (κ2) is 12.0. The third-order valence-electron chi connectivity index (χ3n) is 5.36. The zero-order valence-corrected chi connectivity index (χ0v) is 21.8. The highest BCUT2D eigenvalue weighted by Gasteiger charge is 2.18. The van der Waals surface area contributed by atoms with E-state index in [0.29, 0.717) is 53.0 Å². The summed E-state index contributed by atoms with van der Waals surface area (Å²) < 4.78 is 16.6. The maximum absolute atomic E-state index is 10.8. The smallest absolute Gasteiger partial charge is 0.167 e. The van der Waals surface area contributed by atoms with Crippen molar-refractivity contribution < 1.29 is 24.4 Å². The van der Waals surface area contributed by atoms with E-state index >= 15 is 0 Å². The molecule has 0 saturated carbocycles. The molecular formula is C31H29N3O5. The Morgan fingerprint density at radius 2 is 1.13 bits per heavy atom. The van der Waals surface area contributed by atoms with Gasteiger partial charge in [-0.2, -0.15) is 0 Å². The van der Waals surface area contributed by atoms with Gasteiger partial charge in [0.25, 0.3) is 0 Å². The van der Waals surface area contributed by atoms with Crippen LogP contribution in [0.2, 0.25) is 0 Å². The molecule has 1 heterocycles. The molecule has 39 heavy (non-hydrogen) atoms. The van der Waals surface area contributed by atoms with E-state index in [4.69, 9.17) is 14.2 Å². The first kappa shape index (κ1) is 26.9. The van der Waals surface area contributed by atoms with Gasteiger partial charge in [0, 0.05) is 17.7 Å². The van der Waals surface area contributed by atoms with Crippen LogP contribution in [0.3, 0.4) is 0 Å². The normalized spacial score (nSPS) is 10.5. The third kappa shape index (κ3) is 6.81. The van der Waals surface area contributed by atoms with Crippen LogP contribution in [-0.4, -0.2) is 38.4 Å². The van der Waals surface area contributed by atoms with Crippen LogP contribution in [0.15, 0.2) is 97.8 Å². The summed E-state index contributed by atoms with van der Waals surface area (Å²) in [6.07, 6.45) is 1.34. The van der Waals surface area contributed by atoms with E-state index in [0.717, 1.165) is 11.1 Å². The molecule has 4 rings (SSSR count). The van der Waals surface area contributed by atoms with Crippen molar-refractivity contribution in [1.82, 2.24) is 15.0 Å². The number of aromatic hydroxyl groups is 2. The second-order valence-corrected chi connectivity index (χ2v) is 8.96. The Kier molecular flexibility index (Phi) is 8.26. The van der Waals surface area contributed by atoms with Gasteiger partial charge in [0.2, 0.25) is 0 Å². The molecule has 0 fully saturated rings. The molecule has 8 nitrogen and oxygen atoms in total. The number of benzene rings is 3. The first-order chi connectivity index (χ1) is 18.7. The lowest BCUT2D eigenvalue weighted by molar-refractivity contribution is 0.349. The Hall–Kier alpha value is -5.11. The molecule has 4 aromatic rings. The van der Waals surface area contributed by atoms with Crippen LogP contribution in [0, 0.1) is 0 Å². The van der Waals surface area contributed by atoms with Crippen molar-refractivity contribution >= 4 is 0 Å². The van der Waals surface area contributed by atoms with Crippen molar-refractivity contribution in [3.8, 4) is 62.9 Å². The van der Waals surface area contributed by atoms with Crippen LogP contribution < -0.4 is 14.2 Å². The molecule has 1 aromatic heterocycles. The molecule has 0 spiro atoms. The van der Waals surface area contributed by atoms with Crippen LogP contribution in [0.25, 0.3) is 34.2 Å². The molecule has 0 radical (unpaired) electrons. The van der Waals surface area contributed by atoms with E-state index < -0.39 is 0 Å². The van der Waals surface area contributed by atoms with Gasteiger partial charge in [0.15, 0.2) is 17.5 Å². The molecule has 8 heteroatoms. The third-order valence-corrected chi connectivity index (χ3v) is 5.36. The van der Waals surface area contributed by atoms with Crippen LogP contribution in [0.1, 0.15) is 13.8 Å². The number of phenols is 2. The minimum Gasteiger partial charge on any atom is -0.507 e. The quantitative estimate of drug-likeness (QED) is 0.165. The number of rotatable bonds is 11. The van der Waals surface area contributed by atoms with Gasteiger partial charge in [-0.05, 0) is 73.5 Å². The summed E-state index contributed by atoms with van der Waals surface area (Å²) in [7, 11) is 0. The first-order valence-electron chi connectivity index (χ1n) is 12.1. The predicted molar refractivity (Wildman–Crippen MR) is 151 cm³/mol. The second-order valence-electron chi connectivity index (χ2n) is 8.96. The van der Waals surface area contributed by atoms with Crippen LogP contribution >= 0.6 is 0 Å². The summed E-state index contributed by atoms with van der Waals surface area (Å²) in [6, 6.07) is 16.9. The maximum atomic E-state index is 10.8. The van der Waals surface area contributed by atoms with E-state index in [1.165, 1.54) is 18.4 Å². The molecule has 0 unspecified atom stereocenters. The molecule has 0 aliphatic heterocycles. The number of aromatic nitrogens is 3. The lowest BCUT2D eigenvalue weighted by atomic mass is 10.1.